The second kappa shape index (κ2) is 5.96. The Hall–Kier alpha value is -2.19. The Morgan fingerprint density at radius 3 is 2.92 bits per heavy atom. The Bertz CT molecular complexity index is 908. The van der Waals surface area contributed by atoms with Crippen molar-refractivity contribution in [3.63, 3.8) is 0 Å². The predicted octanol–water partition coefficient (Wildman–Crippen LogP) is 1.08. The van der Waals surface area contributed by atoms with E-state index in [0.717, 1.165) is 0 Å². The fourth-order valence-electron chi connectivity index (χ4n) is 3.69. The summed E-state index contributed by atoms with van der Waals surface area (Å²) in [4.78, 5) is 11.9. The molecule has 8 heteroatoms. The van der Waals surface area contributed by atoms with E-state index in [1.165, 1.54) is 4.31 Å². The molecule has 0 bridgehead atoms. The van der Waals surface area contributed by atoms with Crippen molar-refractivity contribution in [2.45, 2.75) is 30.7 Å². The average molecular weight is 360 g/mol. The number of piperidine rings is 1. The topological polar surface area (TPSA) is 84.3 Å². The van der Waals surface area contributed by atoms with Gasteiger partial charge in [-0.3, -0.25) is 4.79 Å². The number of carbonyl (C=O) groups is 1. The van der Waals surface area contributed by atoms with Crippen LogP contribution >= 0.6 is 0 Å². The van der Waals surface area contributed by atoms with E-state index in [9.17, 15) is 13.2 Å². The summed E-state index contributed by atoms with van der Waals surface area (Å²) in [5, 5.41) is 7.10. The van der Waals surface area contributed by atoms with Crippen LogP contribution in [-0.4, -0.2) is 47.5 Å². The van der Waals surface area contributed by atoms with Crippen molar-refractivity contribution in [1.29, 1.82) is 0 Å². The van der Waals surface area contributed by atoms with Crippen LogP contribution in [0.1, 0.15) is 18.4 Å². The summed E-state index contributed by atoms with van der Waals surface area (Å²) in [6, 6.07) is 7.23. The molecule has 1 aromatic heterocycles. The number of aryl methyl sites for hydroxylation is 1. The first-order valence-corrected chi connectivity index (χ1v) is 9.79. The first-order valence-electron chi connectivity index (χ1n) is 8.35. The number of aromatic nitrogens is 2. The molecule has 0 spiro atoms. The molecule has 2 atom stereocenters. The number of nitrogens with one attached hydrogen (secondary N) is 1. The molecule has 2 aliphatic heterocycles. The summed E-state index contributed by atoms with van der Waals surface area (Å²) in [6.45, 7) is 2.61. The maximum Gasteiger partial charge on any atom is 0.243 e. The Balaban J connectivity index is 1.66. The van der Waals surface area contributed by atoms with Crippen LogP contribution in [0.2, 0.25) is 0 Å². The molecule has 2 aromatic rings. The van der Waals surface area contributed by atoms with Gasteiger partial charge in [-0.15, -0.1) is 0 Å². The third kappa shape index (κ3) is 2.85. The monoisotopic (exact) mass is 360 g/mol. The molecule has 0 radical (unpaired) electrons. The lowest BCUT2D eigenvalue weighted by atomic mass is 9.95. The smallest absolute Gasteiger partial charge is 0.243 e. The summed E-state index contributed by atoms with van der Waals surface area (Å²) in [5.74, 6) is 0.0803. The Morgan fingerprint density at radius 2 is 2.16 bits per heavy atom. The fraction of sp³-hybridized carbons (Fsp3) is 0.412. The number of sulfonamides is 1. The lowest BCUT2D eigenvalue weighted by Gasteiger charge is -2.33. The highest BCUT2D eigenvalue weighted by molar-refractivity contribution is 7.89. The Labute approximate surface area is 146 Å². The predicted molar refractivity (Wildman–Crippen MR) is 91.7 cm³/mol. The number of carbonyl (C=O) groups excluding carboxylic acids is 1. The minimum Gasteiger partial charge on any atom is -0.353 e. The highest BCUT2D eigenvalue weighted by Crippen LogP contribution is 2.30. The summed E-state index contributed by atoms with van der Waals surface area (Å²) in [5.41, 5.74) is 1.42. The molecule has 0 saturated carbocycles. The van der Waals surface area contributed by atoms with Gasteiger partial charge in [-0.2, -0.15) is 9.40 Å². The molecule has 1 aromatic carbocycles. The van der Waals surface area contributed by atoms with Crippen molar-refractivity contribution in [1.82, 2.24) is 19.4 Å². The molecular formula is C17H20N4O3S. The van der Waals surface area contributed by atoms with Crippen LogP contribution in [0.25, 0.3) is 5.69 Å². The number of benzene rings is 1. The van der Waals surface area contributed by atoms with E-state index >= 15 is 0 Å². The zero-order chi connectivity index (χ0) is 17.6. The van der Waals surface area contributed by atoms with Crippen LogP contribution in [0.3, 0.4) is 0 Å². The number of nitrogens with zero attached hydrogens (tertiary/aromatic N) is 3. The van der Waals surface area contributed by atoms with Gasteiger partial charge >= 0.3 is 0 Å². The van der Waals surface area contributed by atoms with E-state index in [4.69, 9.17) is 0 Å². The van der Waals surface area contributed by atoms with E-state index < -0.39 is 10.0 Å². The van der Waals surface area contributed by atoms with E-state index in [1.807, 2.05) is 6.07 Å². The second-order valence-electron chi connectivity index (χ2n) is 6.69. The number of amides is 1. The molecular weight excluding hydrogens is 340 g/mol. The molecule has 2 fully saturated rings. The summed E-state index contributed by atoms with van der Waals surface area (Å²) in [6.07, 6.45) is 4.50. The number of hydrogen-bond donors (Lipinski definition) is 1. The molecule has 1 N–H and O–H groups in total. The van der Waals surface area contributed by atoms with Gasteiger partial charge in [0.2, 0.25) is 15.9 Å². The second-order valence-corrected chi connectivity index (χ2v) is 8.60. The number of rotatable bonds is 3. The molecule has 0 aliphatic carbocycles. The van der Waals surface area contributed by atoms with Crippen LogP contribution in [0.5, 0.6) is 0 Å². The highest BCUT2D eigenvalue weighted by Gasteiger charge is 2.41. The lowest BCUT2D eigenvalue weighted by molar-refractivity contribution is -0.119. The van der Waals surface area contributed by atoms with Crippen molar-refractivity contribution >= 4 is 15.9 Å². The minimum atomic E-state index is -3.61. The SMILES string of the molecule is Cc1ccc(-n2cccn2)cc1S(=O)(=O)N1CC[C@@H]2NC(=O)C[C@@H]2C1. The van der Waals surface area contributed by atoms with Crippen molar-refractivity contribution in [2.75, 3.05) is 13.1 Å². The van der Waals surface area contributed by atoms with Crippen LogP contribution in [0.4, 0.5) is 0 Å². The molecule has 25 heavy (non-hydrogen) atoms. The zero-order valence-corrected chi connectivity index (χ0v) is 14.7. The van der Waals surface area contributed by atoms with Crippen molar-refractivity contribution in [2.24, 2.45) is 5.92 Å². The van der Waals surface area contributed by atoms with Crippen LogP contribution in [0.15, 0.2) is 41.6 Å². The average Bonchev–Trinajstić information content (AvgIpc) is 3.22. The summed E-state index contributed by atoms with van der Waals surface area (Å²) < 4.78 is 29.5. The molecule has 4 rings (SSSR count). The van der Waals surface area contributed by atoms with Gasteiger partial charge < -0.3 is 5.32 Å². The maximum absolute atomic E-state index is 13.2. The zero-order valence-electron chi connectivity index (χ0n) is 13.9. The standard InChI is InChI=1S/C17H20N4O3S/c1-12-3-4-14(21-7-2-6-18-21)10-16(12)25(23,24)20-8-5-15-13(11-20)9-17(22)19-15/h2-4,6-7,10,13,15H,5,8-9,11H2,1H3,(H,19,22)/t13-,15+/m1/s1. The van der Waals surface area contributed by atoms with Crippen molar-refractivity contribution in [3.8, 4) is 5.69 Å². The number of fused-ring (bicyclic) bond motifs is 1. The van der Waals surface area contributed by atoms with Gasteiger partial charge in [0.1, 0.15) is 0 Å². The summed E-state index contributed by atoms with van der Waals surface area (Å²) >= 11 is 0. The molecule has 0 unspecified atom stereocenters. The van der Waals surface area contributed by atoms with Gasteiger partial charge in [0.25, 0.3) is 0 Å². The third-order valence-electron chi connectivity index (χ3n) is 5.05. The summed E-state index contributed by atoms with van der Waals surface area (Å²) in [7, 11) is -3.61. The minimum absolute atomic E-state index is 0.0195. The molecule has 2 saturated heterocycles. The van der Waals surface area contributed by atoms with Gasteiger partial charge in [0.05, 0.1) is 10.6 Å². The fourth-order valence-corrected chi connectivity index (χ4v) is 5.44. The van der Waals surface area contributed by atoms with E-state index in [-0.39, 0.29) is 17.9 Å². The maximum atomic E-state index is 13.2. The van der Waals surface area contributed by atoms with Gasteiger partial charge in [-0.1, -0.05) is 6.07 Å². The largest absolute Gasteiger partial charge is 0.353 e. The molecule has 132 valence electrons. The van der Waals surface area contributed by atoms with E-state index in [2.05, 4.69) is 10.4 Å². The van der Waals surface area contributed by atoms with E-state index in [0.29, 0.717) is 42.1 Å². The van der Waals surface area contributed by atoms with E-state index in [1.54, 1.807) is 42.2 Å². The van der Waals surface area contributed by atoms with Crippen LogP contribution in [0, 0.1) is 12.8 Å². The van der Waals surface area contributed by atoms with Gasteiger partial charge in [0, 0.05) is 43.9 Å². The van der Waals surface area contributed by atoms with Crippen molar-refractivity contribution in [3.05, 3.63) is 42.2 Å². The quantitative estimate of drug-likeness (QED) is 0.888. The first-order chi connectivity index (χ1) is 11.9. The molecule has 2 aliphatic rings. The van der Waals surface area contributed by atoms with Crippen molar-refractivity contribution < 1.29 is 13.2 Å². The van der Waals surface area contributed by atoms with Gasteiger partial charge in [-0.05, 0) is 37.1 Å². The van der Waals surface area contributed by atoms with Gasteiger partial charge in [-0.25, -0.2) is 13.1 Å². The normalized spacial score (nSPS) is 24.1. The lowest BCUT2D eigenvalue weighted by Crippen LogP contribution is -2.47. The molecule has 3 heterocycles. The highest BCUT2D eigenvalue weighted by atomic mass is 32.2. The van der Waals surface area contributed by atoms with Crippen LogP contribution < -0.4 is 5.32 Å². The van der Waals surface area contributed by atoms with Crippen LogP contribution in [-0.2, 0) is 14.8 Å². The Kier molecular flexibility index (Phi) is 3.88. The number of hydrogen-bond acceptors (Lipinski definition) is 4. The molecule has 1 amide bonds. The van der Waals surface area contributed by atoms with Gasteiger partial charge in [0.15, 0.2) is 0 Å². The third-order valence-corrected chi connectivity index (χ3v) is 7.06. The molecule has 7 nitrogen and oxygen atoms in total. The Morgan fingerprint density at radius 1 is 1.32 bits per heavy atom. The first kappa shape index (κ1) is 16.3.